The van der Waals surface area contributed by atoms with Gasteiger partial charge in [0.05, 0.1) is 16.0 Å². The molecule has 0 heterocycles. The Balaban J connectivity index is 0.00000139. The van der Waals surface area contributed by atoms with E-state index in [2.05, 4.69) is 12.6 Å². The third-order valence-corrected chi connectivity index (χ3v) is 3.37. The SMILES string of the molecule is CC.Cc1c(F)c(F)c(-c2c(F)c(F)c(S)c(F)c2F)c(F)c1F. The molecule has 0 bridgehead atoms. The molecule has 0 nitrogen and oxygen atoms in total. The molecule has 0 atom stereocenters. The minimum absolute atomic E-state index is 0.672. The highest BCUT2D eigenvalue weighted by Gasteiger charge is 2.32. The highest BCUT2D eigenvalue weighted by Crippen LogP contribution is 2.38. The first-order chi connectivity index (χ1) is 11.1. The molecule has 0 unspecified atom stereocenters. The lowest BCUT2D eigenvalue weighted by atomic mass is 9.99. The Morgan fingerprint density at radius 2 is 0.750 bits per heavy atom. The van der Waals surface area contributed by atoms with E-state index >= 15 is 0 Å². The molecule has 0 aliphatic heterocycles. The van der Waals surface area contributed by atoms with Crippen molar-refractivity contribution >= 4 is 12.6 Å². The van der Waals surface area contributed by atoms with Crippen molar-refractivity contribution in [2.24, 2.45) is 0 Å². The number of halogens is 8. The van der Waals surface area contributed by atoms with Crippen molar-refractivity contribution in [1.29, 1.82) is 0 Å². The molecule has 0 spiro atoms. The van der Waals surface area contributed by atoms with Crippen LogP contribution < -0.4 is 0 Å². The molecule has 132 valence electrons. The summed E-state index contributed by atoms with van der Waals surface area (Å²) in [6, 6.07) is 0. The Kier molecular flexibility index (Phi) is 6.26. The lowest BCUT2D eigenvalue weighted by Gasteiger charge is -2.13. The fraction of sp³-hybridized carbons (Fsp3) is 0.200. The Hall–Kier alpha value is -1.77. The van der Waals surface area contributed by atoms with Crippen LogP contribution in [0.15, 0.2) is 4.90 Å². The number of rotatable bonds is 1. The second-order valence-electron chi connectivity index (χ2n) is 4.24. The molecular weight excluding hydrogens is 364 g/mol. The molecule has 0 aliphatic rings. The fourth-order valence-electron chi connectivity index (χ4n) is 1.80. The zero-order valence-electron chi connectivity index (χ0n) is 12.5. The van der Waals surface area contributed by atoms with Crippen LogP contribution in [0.4, 0.5) is 35.1 Å². The van der Waals surface area contributed by atoms with Gasteiger partial charge in [0.25, 0.3) is 0 Å². The fourth-order valence-corrected chi connectivity index (χ4v) is 2.00. The van der Waals surface area contributed by atoms with E-state index in [1.165, 1.54) is 0 Å². The van der Waals surface area contributed by atoms with E-state index in [1.807, 2.05) is 13.8 Å². The molecule has 24 heavy (non-hydrogen) atoms. The third kappa shape index (κ3) is 2.97. The van der Waals surface area contributed by atoms with Gasteiger partial charge in [0.1, 0.15) is 0 Å². The molecule has 0 saturated carbocycles. The molecule has 9 heteroatoms. The number of hydrogen-bond donors (Lipinski definition) is 1. The van der Waals surface area contributed by atoms with Crippen LogP contribution in [-0.2, 0) is 0 Å². The van der Waals surface area contributed by atoms with Gasteiger partial charge in [-0.25, -0.2) is 35.1 Å². The van der Waals surface area contributed by atoms with Crippen molar-refractivity contribution < 1.29 is 35.1 Å². The first kappa shape index (κ1) is 20.3. The van der Waals surface area contributed by atoms with Crippen LogP contribution in [0.25, 0.3) is 11.1 Å². The first-order valence-electron chi connectivity index (χ1n) is 6.49. The summed E-state index contributed by atoms with van der Waals surface area (Å²) in [5, 5.41) is 0. The summed E-state index contributed by atoms with van der Waals surface area (Å²) >= 11 is 3.15. The summed E-state index contributed by atoms with van der Waals surface area (Å²) in [6.45, 7) is 4.67. The molecule has 0 aliphatic carbocycles. The minimum atomic E-state index is -2.23. The first-order valence-corrected chi connectivity index (χ1v) is 6.93. The lowest BCUT2D eigenvalue weighted by molar-refractivity contribution is 0.422. The van der Waals surface area contributed by atoms with Gasteiger partial charge in [0, 0.05) is 5.56 Å². The molecule has 0 aromatic heterocycles. The smallest absolute Gasteiger partial charge is 0.175 e. The van der Waals surface area contributed by atoms with E-state index < -0.39 is 68.1 Å². The van der Waals surface area contributed by atoms with E-state index in [1.54, 1.807) is 0 Å². The van der Waals surface area contributed by atoms with Crippen molar-refractivity contribution in [3.63, 3.8) is 0 Å². The summed E-state index contributed by atoms with van der Waals surface area (Å²) in [6.07, 6.45) is 0. The topological polar surface area (TPSA) is 0 Å². The quantitative estimate of drug-likeness (QED) is 0.349. The van der Waals surface area contributed by atoms with Crippen LogP contribution in [0.1, 0.15) is 19.4 Å². The largest absolute Gasteiger partial charge is 0.203 e. The molecule has 2 rings (SSSR count). The van der Waals surface area contributed by atoms with E-state index in [0.29, 0.717) is 6.92 Å². The van der Waals surface area contributed by atoms with Crippen LogP contribution in [0, 0.1) is 53.5 Å². The van der Waals surface area contributed by atoms with E-state index in [0.717, 1.165) is 0 Å². The maximum Gasteiger partial charge on any atom is 0.175 e. The van der Waals surface area contributed by atoms with Crippen molar-refractivity contribution in [3.8, 4) is 11.1 Å². The molecule has 0 N–H and O–H groups in total. The van der Waals surface area contributed by atoms with Gasteiger partial charge in [-0.05, 0) is 6.92 Å². The Bertz CT molecular complexity index is 676. The van der Waals surface area contributed by atoms with Gasteiger partial charge >= 0.3 is 0 Å². The normalized spacial score (nSPS) is 10.5. The van der Waals surface area contributed by atoms with Gasteiger partial charge in [0.2, 0.25) is 0 Å². The lowest BCUT2D eigenvalue weighted by Crippen LogP contribution is -2.08. The predicted octanol–water partition coefficient (Wildman–Crippen LogP) is 6.09. The molecular formula is C15H10F8S. The van der Waals surface area contributed by atoms with Crippen molar-refractivity contribution in [2.75, 3.05) is 0 Å². The zero-order valence-corrected chi connectivity index (χ0v) is 13.4. The van der Waals surface area contributed by atoms with Crippen LogP contribution in [0.3, 0.4) is 0 Å². The minimum Gasteiger partial charge on any atom is -0.203 e. The third-order valence-electron chi connectivity index (χ3n) is 2.97. The van der Waals surface area contributed by atoms with Gasteiger partial charge in [-0.3, -0.25) is 0 Å². The van der Waals surface area contributed by atoms with Crippen LogP contribution in [-0.4, -0.2) is 0 Å². The second-order valence-corrected chi connectivity index (χ2v) is 4.68. The molecule has 0 amide bonds. The number of thiol groups is 1. The Labute approximate surface area is 137 Å². The standard InChI is InChI=1S/C13H4F8S.C2H6/c1-2-5(14)7(16)3(8(17)6(2)15)4-9(18)11(20)13(22)12(21)10(4)19;1-2/h22H,1H3;1-2H3. The number of benzene rings is 2. The predicted molar refractivity (Wildman–Crippen MR) is 74.9 cm³/mol. The van der Waals surface area contributed by atoms with Crippen molar-refractivity contribution in [3.05, 3.63) is 52.1 Å². The van der Waals surface area contributed by atoms with Gasteiger partial charge in [-0.15, -0.1) is 12.6 Å². The summed E-state index contributed by atoms with van der Waals surface area (Å²) in [5.41, 5.74) is -4.88. The Morgan fingerprint density at radius 1 is 0.500 bits per heavy atom. The molecule has 0 radical (unpaired) electrons. The molecule has 0 fully saturated rings. The average molecular weight is 374 g/mol. The maximum absolute atomic E-state index is 13.7. The summed E-state index contributed by atoms with van der Waals surface area (Å²) in [7, 11) is 0. The summed E-state index contributed by atoms with van der Waals surface area (Å²) < 4.78 is 108. The average Bonchev–Trinajstić information content (AvgIpc) is 2.59. The van der Waals surface area contributed by atoms with Gasteiger partial charge in [-0.1, -0.05) is 13.8 Å². The monoisotopic (exact) mass is 374 g/mol. The van der Waals surface area contributed by atoms with Gasteiger partial charge < -0.3 is 0 Å². The van der Waals surface area contributed by atoms with Crippen molar-refractivity contribution in [1.82, 2.24) is 0 Å². The van der Waals surface area contributed by atoms with E-state index in [-0.39, 0.29) is 0 Å². The van der Waals surface area contributed by atoms with Gasteiger partial charge in [0.15, 0.2) is 46.5 Å². The zero-order chi connectivity index (χ0) is 18.9. The van der Waals surface area contributed by atoms with Crippen LogP contribution in [0.2, 0.25) is 0 Å². The highest BCUT2D eigenvalue weighted by atomic mass is 32.1. The van der Waals surface area contributed by atoms with Crippen molar-refractivity contribution in [2.45, 2.75) is 25.7 Å². The Morgan fingerprint density at radius 3 is 1.04 bits per heavy atom. The summed E-state index contributed by atoms with van der Waals surface area (Å²) in [4.78, 5) is -1.38. The molecule has 2 aromatic rings. The number of hydrogen-bond acceptors (Lipinski definition) is 1. The molecule has 0 saturated heterocycles. The summed E-state index contributed by atoms with van der Waals surface area (Å²) in [5.74, 6) is -16.8. The van der Waals surface area contributed by atoms with E-state index in [9.17, 15) is 35.1 Å². The van der Waals surface area contributed by atoms with Crippen LogP contribution in [0.5, 0.6) is 0 Å². The van der Waals surface area contributed by atoms with Gasteiger partial charge in [-0.2, -0.15) is 0 Å². The maximum atomic E-state index is 13.7. The second kappa shape index (κ2) is 7.42. The highest BCUT2D eigenvalue weighted by molar-refractivity contribution is 7.80. The van der Waals surface area contributed by atoms with E-state index in [4.69, 9.17) is 0 Å². The molecule has 2 aromatic carbocycles. The van der Waals surface area contributed by atoms with Crippen LogP contribution >= 0.6 is 12.6 Å².